The first kappa shape index (κ1) is 17.0. The van der Waals surface area contributed by atoms with Crippen molar-refractivity contribution in [1.29, 1.82) is 0 Å². The van der Waals surface area contributed by atoms with Crippen LogP contribution < -0.4 is 0 Å². The van der Waals surface area contributed by atoms with E-state index in [1.165, 1.54) is 0 Å². The molecule has 0 fully saturated rings. The van der Waals surface area contributed by atoms with Gasteiger partial charge in [-0.25, -0.2) is 0 Å². The molecule has 0 amide bonds. The summed E-state index contributed by atoms with van der Waals surface area (Å²) in [7, 11) is -3.62. The van der Waals surface area contributed by atoms with Crippen LogP contribution in [0.1, 0.15) is 27.8 Å². The molecule has 1 atom stereocenters. The normalized spacial score (nSPS) is 13.8. The lowest BCUT2D eigenvalue weighted by atomic mass is 10.0. The lowest BCUT2D eigenvalue weighted by molar-refractivity contribution is 0.261. The van der Waals surface area contributed by atoms with Crippen molar-refractivity contribution in [2.75, 3.05) is 6.61 Å². The molecule has 0 radical (unpaired) electrons. The first-order chi connectivity index (χ1) is 10.4. The van der Waals surface area contributed by atoms with Crippen LogP contribution in [-0.4, -0.2) is 11.5 Å². The fourth-order valence-corrected chi connectivity index (χ4v) is 4.02. The molecule has 1 N–H and O–H groups in total. The van der Waals surface area contributed by atoms with E-state index in [0.29, 0.717) is 6.42 Å². The molecular weight excluding hydrogens is 295 g/mol. The van der Waals surface area contributed by atoms with Gasteiger partial charge in [-0.15, -0.1) is 0 Å². The van der Waals surface area contributed by atoms with Crippen molar-refractivity contribution in [2.45, 2.75) is 33.4 Å². The van der Waals surface area contributed by atoms with Gasteiger partial charge in [0.1, 0.15) is 0 Å². The van der Waals surface area contributed by atoms with E-state index >= 15 is 0 Å². The Labute approximate surface area is 132 Å². The summed E-state index contributed by atoms with van der Waals surface area (Å²) in [5.74, 6) is 0. The molecular formula is C18H23O3P. The fourth-order valence-electron chi connectivity index (χ4n) is 2.66. The van der Waals surface area contributed by atoms with Crippen LogP contribution in [0.2, 0.25) is 0 Å². The summed E-state index contributed by atoms with van der Waals surface area (Å²) in [6.07, 6.45) is 0.705. The molecule has 1 unspecified atom stereocenters. The van der Waals surface area contributed by atoms with Crippen LogP contribution in [0.4, 0.5) is 0 Å². The molecule has 0 aliphatic heterocycles. The second-order valence-corrected chi connectivity index (χ2v) is 7.59. The number of hydrogen-bond acceptors (Lipinski definition) is 2. The molecule has 118 valence electrons. The van der Waals surface area contributed by atoms with Crippen molar-refractivity contribution in [2.24, 2.45) is 0 Å². The summed E-state index contributed by atoms with van der Waals surface area (Å²) in [6, 6.07) is 13.9. The highest BCUT2D eigenvalue weighted by molar-refractivity contribution is 7.51. The minimum Gasteiger partial charge on any atom is -0.324 e. The van der Waals surface area contributed by atoms with Gasteiger partial charge < -0.3 is 9.42 Å². The lowest BCUT2D eigenvalue weighted by Crippen LogP contribution is -2.02. The van der Waals surface area contributed by atoms with E-state index in [2.05, 4.69) is 0 Å². The summed E-state index contributed by atoms with van der Waals surface area (Å²) in [6.45, 7) is 6.22. The molecule has 0 bridgehead atoms. The number of benzene rings is 2. The highest BCUT2D eigenvalue weighted by atomic mass is 31.2. The number of hydrogen-bond donors (Lipinski definition) is 1. The predicted octanol–water partition coefficient (Wildman–Crippen LogP) is 4.56. The lowest BCUT2D eigenvalue weighted by Gasteiger charge is -2.16. The minimum atomic E-state index is -3.62. The molecule has 0 aromatic heterocycles. The van der Waals surface area contributed by atoms with Crippen LogP contribution in [0.5, 0.6) is 0 Å². The maximum atomic E-state index is 12.3. The van der Waals surface area contributed by atoms with Gasteiger partial charge in [0.15, 0.2) is 0 Å². The summed E-state index contributed by atoms with van der Waals surface area (Å²) in [4.78, 5) is 10.1. The van der Waals surface area contributed by atoms with Crippen molar-refractivity contribution in [3.8, 4) is 0 Å². The molecule has 2 rings (SSSR count). The van der Waals surface area contributed by atoms with E-state index < -0.39 is 7.60 Å². The molecule has 4 heteroatoms. The maximum absolute atomic E-state index is 12.3. The first-order valence-electron chi connectivity index (χ1n) is 7.44. The topological polar surface area (TPSA) is 46.5 Å². The van der Waals surface area contributed by atoms with Crippen LogP contribution in [0.3, 0.4) is 0 Å². The highest BCUT2D eigenvalue weighted by Gasteiger charge is 2.22. The number of aryl methyl sites for hydroxylation is 3. The predicted molar refractivity (Wildman–Crippen MR) is 90.3 cm³/mol. The molecule has 0 aliphatic rings. The van der Waals surface area contributed by atoms with Gasteiger partial charge >= 0.3 is 7.60 Å². The van der Waals surface area contributed by atoms with Crippen LogP contribution in [0, 0.1) is 20.8 Å². The van der Waals surface area contributed by atoms with E-state index in [-0.39, 0.29) is 12.8 Å². The second-order valence-electron chi connectivity index (χ2n) is 5.74. The summed E-state index contributed by atoms with van der Waals surface area (Å²) < 4.78 is 17.6. The third-order valence-electron chi connectivity index (χ3n) is 3.72. The van der Waals surface area contributed by atoms with Crippen molar-refractivity contribution in [1.82, 2.24) is 0 Å². The van der Waals surface area contributed by atoms with E-state index in [4.69, 9.17) is 4.52 Å². The van der Waals surface area contributed by atoms with Gasteiger partial charge in [-0.05, 0) is 49.4 Å². The first-order valence-corrected chi connectivity index (χ1v) is 9.21. The van der Waals surface area contributed by atoms with E-state index in [0.717, 1.165) is 27.8 Å². The molecule has 2 aromatic carbocycles. The van der Waals surface area contributed by atoms with E-state index in [1.807, 2.05) is 63.2 Å². The van der Waals surface area contributed by atoms with E-state index in [9.17, 15) is 9.46 Å². The smallest absolute Gasteiger partial charge is 0.324 e. The monoisotopic (exact) mass is 318 g/mol. The van der Waals surface area contributed by atoms with Crippen molar-refractivity contribution in [3.05, 3.63) is 70.3 Å². The van der Waals surface area contributed by atoms with Gasteiger partial charge in [0, 0.05) is 0 Å². The zero-order valence-electron chi connectivity index (χ0n) is 13.4. The van der Waals surface area contributed by atoms with Crippen LogP contribution >= 0.6 is 7.60 Å². The molecule has 0 spiro atoms. The average Bonchev–Trinajstić information content (AvgIpc) is 2.44. The van der Waals surface area contributed by atoms with Crippen molar-refractivity contribution >= 4 is 7.60 Å². The third-order valence-corrected chi connectivity index (χ3v) is 5.03. The van der Waals surface area contributed by atoms with Crippen LogP contribution in [0.15, 0.2) is 42.5 Å². The maximum Gasteiger partial charge on any atom is 0.332 e. The van der Waals surface area contributed by atoms with Gasteiger partial charge in [0.05, 0.1) is 12.8 Å². The zero-order chi connectivity index (χ0) is 16.2. The SMILES string of the molecule is Cc1cc(C)c(CP(=O)(O)OCCc2ccccc2)c(C)c1. The Kier molecular flexibility index (Phi) is 5.57. The molecule has 22 heavy (non-hydrogen) atoms. The quantitative estimate of drug-likeness (QED) is 0.794. The van der Waals surface area contributed by atoms with Gasteiger partial charge in [-0.3, -0.25) is 4.57 Å². The average molecular weight is 318 g/mol. The largest absolute Gasteiger partial charge is 0.332 e. The highest BCUT2D eigenvalue weighted by Crippen LogP contribution is 2.47. The summed E-state index contributed by atoms with van der Waals surface area (Å²) >= 11 is 0. The van der Waals surface area contributed by atoms with Crippen molar-refractivity contribution < 1.29 is 14.0 Å². The Balaban J connectivity index is 1.98. The zero-order valence-corrected chi connectivity index (χ0v) is 14.3. The van der Waals surface area contributed by atoms with Gasteiger partial charge in [0.25, 0.3) is 0 Å². The van der Waals surface area contributed by atoms with Crippen LogP contribution in [-0.2, 0) is 21.7 Å². The summed E-state index contributed by atoms with van der Waals surface area (Å²) in [5, 5.41) is 0. The molecule has 0 heterocycles. The Morgan fingerprint density at radius 1 is 1.05 bits per heavy atom. The number of rotatable bonds is 6. The van der Waals surface area contributed by atoms with Gasteiger partial charge in [-0.1, -0.05) is 48.0 Å². The van der Waals surface area contributed by atoms with E-state index in [1.54, 1.807) is 0 Å². The minimum absolute atomic E-state index is 0.0692. The third kappa shape index (κ3) is 4.81. The van der Waals surface area contributed by atoms with Crippen molar-refractivity contribution in [3.63, 3.8) is 0 Å². The Morgan fingerprint density at radius 2 is 1.64 bits per heavy atom. The van der Waals surface area contributed by atoms with Gasteiger partial charge in [0.2, 0.25) is 0 Å². The second kappa shape index (κ2) is 7.23. The Bertz CT molecular complexity index is 657. The molecule has 0 aliphatic carbocycles. The summed E-state index contributed by atoms with van der Waals surface area (Å²) in [5.41, 5.74) is 5.26. The Hall–Kier alpha value is -1.41. The van der Waals surface area contributed by atoms with Crippen LogP contribution in [0.25, 0.3) is 0 Å². The molecule has 2 aromatic rings. The Morgan fingerprint density at radius 3 is 2.23 bits per heavy atom. The molecule has 3 nitrogen and oxygen atoms in total. The fraction of sp³-hybridized carbons (Fsp3) is 0.333. The van der Waals surface area contributed by atoms with Gasteiger partial charge in [-0.2, -0.15) is 0 Å². The molecule has 0 saturated carbocycles. The molecule has 0 saturated heterocycles. The standard InChI is InChI=1S/C18H23O3P/c1-14-11-15(2)18(16(3)12-14)13-22(19,20)21-10-9-17-7-5-4-6-8-17/h4-8,11-12H,9-10,13H2,1-3H3,(H,19,20).